The molecular formula is C20H28BrFN4O. The van der Waals surface area contributed by atoms with Gasteiger partial charge in [-0.2, -0.15) is 0 Å². The molecule has 5 nitrogen and oxygen atoms in total. The summed E-state index contributed by atoms with van der Waals surface area (Å²) in [5.41, 5.74) is 0.547. The molecule has 1 heterocycles. The highest BCUT2D eigenvalue weighted by Gasteiger charge is 2.32. The van der Waals surface area contributed by atoms with E-state index < -0.39 is 0 Å². The molecule has 2 N–H and O–H groups in total. The SMILES string of the molecule is CCNC(=NCc1cc(Br)ccc1F)NC1CCN(C(=O)C2CCCC2)C1. The van der Waals surface area contributed by atoms with E-state index in [-0.39, 0.29) is 24.3 Å². The van der Waals surface area contributed by atoms with Crippen molar-refractivity contribution in [2.45, 2.75) is 51.6 Å². The van der Waals surface area contributed by atoms with Gasteiger partial charge in [0.1, 0.15) is 5.82 Å². The number of carbonyl (C=O) groups excluding carboxylic acids is 1. The largest absolute Gasteiger partial charge is 0.357 e. The Morgan fingerprint density at radius 1 is 1.33 bits per heavy atom. The first-order chi connectivity index (χ1) is 13.1. The second kappa shape index (κ2) is 9.53. The van der Waals surface area contributed by atoms with E-state index in [9.17, 15) is 9.18 Å². The zero-order chi connectivity index (χ0) is 19.2. The lowest BCUT2D eigenvalue weighted by molar-refractivity contribution is -0.134. The Morgan fingerprint density at radius 2 is 2.11 bits per heavy atom. The fourth-order valence-corrected chi connectivity index (χ4v) is 4.26. The summed E-state index contributed by atoms with van der Waals surface area (Å²) in [5.74, 6) is 0.948. The third-order valence-corrected chi connectivity index (χ3v) is 5.80. The van der Waals surface area contributed by atoms with Gasteiger partial charge in [0.05, 0.1) is 6.54 Å². The second-order valence-electron chi connectivity index (χ2n) is 7.33. The lowest BCUT2D eigenvalue weighted by Crippen LogP contribution is -2.45. The van der Waals surface area contributed by atoms with Crippen LogP contribution in [-0.2, 0) is 11.3 Å². The average Bonchev–Trinajstić information content (AvgIpc) is 3.34. The van der Waals surface area contributed by atoms with Gasteiger partial charge in [0.15, 0.2) is 5.96 Å². The van der Waals surface area contributed by atoms with E-state index in [1.54, 1.807) is 12.1 Å². The average molecular weight is 439 g/mol. The monoisotopic (exact) mass is 438 g/mol. The van der Waals surface area contributed by atoms with Gasteiger partial charge in [-0.25, -0.2) is 9.38 Å². The number of hydrogen-bond acceptors (Lipinski definition) is 2. The lowest BCUT2D eigenvalue weighted by Gasteiger charge is -2.21. The van der Waals surface area contributed by atoms with Crippen molar-refractivity contribution >= 4 is 27.8 Å². The molecule has 1 aliphatic carbocycles. The first-order valence-corrected chi connectivity index (χ1v) is 10.6. The lowest BCUT2D eigenvalue weighted by atomic mass is 10.1. The summed E-state index contributed by atoms with van der Waals surface area (Å²) in [7, 11) is 0. The Morgan fingerprint density at radius 3 is 2.85 bits per heavy atom. The molecule has 7 heteroatoms. The number of halogens is 2. The van der Waals surface area contributed by atoms with Crippen LogP contribution >= 0.6 is 15.9 Å². The van der Waals surface area contributed by atoms with Crippen LogP contribution in [0.2, 0.25) is 0 Å². The number of rotatable bonds is 5. The number of nitrogens with one attached hydrogen (secondary N) is 2. The number of carbonyl (C=O) groups is 1. The zero-order valence-electron chi connectivity index (χ0n) is 15.8. The number of nitrogens with zero attached hydrogens (tertiary/aromatic N) is 2. The predicted molar refractivity (Wildman–Crippen MR) is 109 cm³/mol. The second-order valence-corrected chi connectivity index (χ2v) is 8.24. The Labute approximate surface area is 168 Å². The van der Waals surface area contributed by atoms with Crippen molar-refractivity contribution in [3.63, 3.8) is 0 Å². The van der Waals surface area contributed by atoms with Crippen LogP contribution in [0.5, 0.6) is 0 Å². The van der Waals surface area contributed by atoms with Gasteiger partial charge in [0.2, 0.25) is 5.91 Å². The number of guanidine groups is 1. The maximum atomic E-state index is 13.9. The van der Waals surface area contributed by atoms with Gasteiger partial charge in [-0.05, 0) is 44.4 Å². The van der Waals surface area contributed by atoms with Gasteiger partial charge < -0.3 is 15.5 Å². The first-order valence-electron chi connectivity index (χ1n) is 9.84. The van der Waals surface area contributed by atoms with Crippen LogP contribution in [0.1, 0.15) is 44.6 Å². The molecule has 1 atom stereocenters. The van der Waals surface area contributed by atoms with E-state index in [4.69, 9.17) is 0 Å². The van der Waals surface area contributed by atoms with E-state index in [2.05, 4.69) is 31.6 Å². The van der Waals surface area contributed by atoms with Gasteiger partial charge in [-0.15, -0.1) is 0 Å². The minimum atomic E-state index is -0.257. The molecule has 2 fully saturated rings. The summed E-state index contributed by atoms with van der Waals surface area (Å²) in [5, 5.41) is 6.62. The molecule has 148 valence electrons. The van der Waals surface area contributed by atoms with Crippen molar-refractivity contribution < 1.29 is 9.18 Å². The van der Waals surface area contributed by atoms with Crippen LogP contribution in [0.15, 0.2) is 27.7 Å². The molecule has 3 rings (SSSR count). The standard InChI is InChI=1S/C20H28BrFN4O/c1-2-23-20(24-12-15-11-16(21)7-8-18(15)22)25-17-9-10-26(13-17)19(27)14-5-3-4-6-14/h7-8,11,14,17H,2-6,9-10,12-13H2,1H3,(H2,23,24,25). The summed E-state index contributed by atoms with van der Waals surface area (Å²) >= 11 is 3.37. The van der Waals surface area contributed by atoms with Crippen molar-refractivity contribution in [3.05, 3.63) is 34.1 Å². The van der Waals surface area contributed by atoms with Gasteiger partial charge in [-0.1, -0.05) is 28.8 Å². The van der Waals surface area contributed by atoms with Gasteiger partial charge >= 0.3 is 0 Å². The molecule has 1 amide bonds. The quantitative estimate of drug-likeness (QED) is 0.546. The van der Waals surface area contributed by atoms with Crippen molar-refractivity contribution in [1.82, 2.24) is 15.5 Å². The zero-order valence-corrected chi connectivity index (χ0v) is 17.4. The molecule has 1 saturated heterocycles. The minimum Gasteiger partial charge on any atom is -0.357 e. The fourth-order valence-electron chi connectivity index (χ4n) is 3.85. The Bertz CT molecular complexity index is 691. The molecular weight excluding hydrogens is 411 g/mol. The number of amides is 1. The van der Waals surface area contributed by atoms with E-state index in [1.807, 2.05) is 11.8 Å². The highest BCUT2D eigenvalue weighted by atomic mass is 79.9. The van der Waals surface area contributed by atoms with Crippen LogP contribution in [0.25, 0.3) is 0 Å². The van der Waals surface area contributed by atoms with E-state index in [1.165, 1.54) is 18.9 Å². The Kier molecular flexibility index (Phi) is 7.10. The van der Waals surface area contributed by atoms with Gasteiger partial charge in [0, 0.05) is 41.6 Å². The van der Waals surface area contributed by atoms with Crippen molar-refractivity contribution in [2.24, 2.45) is 10.9 Å². The van der Waals surface area contributed by atoms with Crippen molar-refractivity contribution in [1.29, 1.82) is 0 Å². The molecule has 1 aromatic rings. The van der Waals surface area contributed by atoms with Crippen LogP contribution in [0, 0.1) is 11.7 Å². The van der Waals surface area contributed by atoms with Crippen molar-refractivity contribution in [3.8, 4) is 0 Å². The normalized spacial score (nSPS) is 20.9. The fraction of sp³-hybridized carbons (Fsp3) is 0.600. The summed E-state index contributed by atoms with van der Waals surface area (Å²) in [6, 6.07) is 5.06. The molecule has 0 radical (unpaired) electrons. The van der Waals surface area contributed by atoms with Crippen LogP contribution in [-0.4, -0.2) is 42.4 Å². The van der Waals surface area contributed by atoms with E-state index in [0.29, 0.717) is 24.0 Å². The molecule has 2 aliphatic rings. The summed E-state index contributed by atoms with van der Waals surface area (Å²) < 4.78 is 14.8. The highest BCUT2D eigenvalue weighted by molar-refractivity contribution is 9.10. The molecule has 0 bridgehead atoms. The molecule has 1 aliphatic heterocycles. The number of aliphatic imine (C=N–C) groups is 1. The highest BCUT2D eigenvalue weighted by Crippen LogP contribution is 2.27. The summed E-state index contributed by atoms with van der Waals surface area (Å²) in [4.78, 5) is 19.1. The van der Waals surface area contributed by atoms with Gasteiger partial charge in [0.25, 0.3) is 0 Å². The maximum Gasteiger partial charge on any atom is 0.225 e. The Balaban J connectivity index is 1.57. The summed E-state index contributed by atoms with van der Waals surface area (Å²) in [6.07, 6.45) is 5.34. The maximum absolute atomic E-state index is 13.9. The molecule has 0 spiro atoms. The molecule has 27 heavy (non-hydrogen) atoms. The van der Waals surface area contributed by atoms with Crippen LogP contribution in [0.3, 0.4) is 0 Å². The molecule has 1 saturated carbocycles. The van der Waals surface area contributed by atoms with Crippen LogP contribution in [0.4, 0.5) is 4.39 Å². The predicted octanol–water partition coefficient (Wildman–Crippen LogP) is 3.43. The number of benzene rings is 1. The Hall–Kier alpha value is -1.63. The topological polar surface area (TPSA) is 56.7 Å². The smallest absolute Gasteiger partial charge is 0.225 e. The first kappa shape index (κ1) is 20.1. The van der Waals surface area contributed by atoms with E-state index >= 15 is 0 Å². The minimum absolute atomic E-state index is 0.181. The summed E-state index contributed by atoms with van der Waals surface area (Å²) in [6.45, 7) is 4.50. The third kappa shape index (κ3) is 5.43. The van der Waals surface area contributed by atoms with Crippen LogP contribution < -0.4 is 10.6 Å². The number of likely N-dealkylation sites (tertiary alicyclic amines) is 1. The molecule has 1 unspecified atom stereocenters. The number of hydrogen-bond donors (Lipinski definition) is 2. The van der Waals surface area contributed by atoms with E-state index in [0.717, 1.165) is 36.8 Å². The van der Waals surface area contributed by atoms with Crippen molar-refractivity contribution in [2.75, 3.05) is 19.6 Å². The van der Waals surface area contributed by atoms with Gasteiger partial charge in [-0.3, -0.25) is 4.79 Å². The molecule has 1 aromatic carbocycles. The third-order valence-electron chi connectivity index (χ3n) is 5.30. The molecule has 0 aromatic heterocycles.